The Morgan fingerprint density at radius 1 is 0.971 bits per heavy atom. The lowest BCUT2D eigenvalue weighted by molar-refractivity contribution is 0.395. The van der Waals surface area contributed by atoms with Crippen molar-refractivity contribution in [2.24, 2.45) is 0 Å². The number of hydrogen-bond donors (Lipinski definition) is 0. The Balaban J connectivity index is 1.51. The molecule has 0 aliphatic carbocycles. The van der Waals surface area contributed by atoms with Crippen molar-refractivity contribution in [1.29, 1.82) is 0 Å². The third-order valence-corrected chi connectivity index (χ3v) is 6.73. The molecule has 1 aliphatic rings. The van der Waals surface area contributed by atoms with Gasteiger partial charge in [-0.05, 0) is 54.5 Å². The van der Waals surface area contributed by atoms with Gasteiger partial charge in [0, 0.05) is 24.9 Å². The SMILES string of the molecule is COc1cc([C@H]2CCCn3cc(-c4ccc(-n5cnc(C)c5)c(OC)n4)nc32)ccc1C(C)(C)C. The number of pyridine rings is 1. The Bertz CT molecular complexity index is 1360. The number of benzene rings is 1. The average Bonchev–Trinajstić information content (AvgIpc) is 3.48. The molecule has 0 unspecified atom stereocenters. The van der Waals surface area contributed by atoms with Crippen LogP contribution < -0.4 is 9.47 Å². The minimum atomic E-state index is 0.0222. The molecule has 7 nitrogen and oxygen atoms in total. The van der Waals surface area contributed by atoms with Crippen LogP contribution >= 0.6 is 0 Å². The molecule has 0 N–H and O–H groups in total. The molecule has 4 heterocycles. The van der Waals surface area contributed by atoms with E-state index in [1.54, 1.807) is 20.5 Å². The lowest BCUT2D eigenvalue weighted by Crippen LogP contribution is -2.18. The molecule has 4 aromatic rings. The predicted molar refractivity (Wildman–Crippen MR) is 137 cm³/mol. The summed E-state index contributed by atoms with van der Waals surface area (Å²) in [5.74, 6) is 2.78. The maximum Gasteiger partial charge on any atom is 0.238 e. The van der Waals surface area contributed by atoms with E-state index in [4.69, 9.17) is 19.4 Å². The van der Waals surface area contributed by atoms with Gasteiger partial charge >= 0.3 is 0 Å². The van der Waals surface area contributed by atoms with Gasteiger partial charge in [-0.3, -0.25) is 0 Å². The molecule has 0 amide bonds. The van der Waals surface area contributed by atoms with Crippen molar-refractivity contribution in [2.45, 2.75) is 58.4 Å². The standard InChI is InChI=1S/C28H33N5O2/c1-18-15-33(17-29-18)24-12-11-22(31-27(24)35-6)23-16-32-13-7-8-20(26(32)30-23)19-9-10-21(28(2,3)4)25(14-19)34-5/h9-12,14-17,20H,7-8,13H2,1-6H3/t20-/m1/s1. The summed E-state index contributed by atoms with van der Waals surface area (Å²) in [6.07, 6.45) is 8.01. The molecule has 0 fully saturated rings. The molecule has 35 heavy (non-hydrogen) atoms. The lowest BCUT2D eigenvalue weighted by atomic mass is 9.83. The van der Waals surface area contributed by atoms with Crippen LogP contribution in [0.1, 0.15) is 62.2 Å². The van der Waals surface area contributed by atoms with E-state index < -0.39 is 0 Å². The Morgan fingerprint density at radius 3 is 2.49 bits per heavy atom. The Kier molecular flexibility index (Phi) is 5.87. The van der Waals surface area contributed by atoms with Crippen molar-refractivity contribution in [2.75, 3.05) is 14.2 Å². The van der Waals surface area contributed by atoms with Crippen molar-refractivity contribution in [3.63, 3.8) is 0 Å². The zero-order valence-electron chi connectivity index (χ0n) is 21.4. The minimum Gasteiger partial charge on any atom is -0.496 e. The van der Waals surface area contributed by atoms with Crippen molar-refractivity contribution >= 4 is 0 Å². The van der Waals surface area contributed by atoms with E-state index in [2.05, 4.69) is 54.7 Å². The van der Waals surface area contributed by atoms with Crippen LogP contribution in [0.15, 0.2) is 49.1 Å². The molecule has 0 saturated heterocycles. The summed E-state index contributed by atoms with van der Waals surface area (Å²) in [6, 6.07) is 10.6. The number of hydrogen-bond acceptors (Lipinski definition) is 5. The summed E-state index contributed by atoms with van der Waals surface area (Å²) >= 11 is 0. The summed E-state index contributed by atoms with van der Waals surface area (Å²) in [6.45, 7) is 9.56. The first-order valence-corrected chi connectivity index (χ1v) is 12.1. The van der Waals surface area contributed by atoms with E-state index in [0.717, 1.165) is 53.7 Å². The molecule has 1 atom stereocenters. The first-order chi connectivity index (χ1) is 16.8. The van der Waals surface area contributed by atoms with Crippen LogP contribution in [0.3, 0.4) is 0 Å². The van der Waals surface area contributed by atoms with Crippen LogP contribution in [0.5, 0.6) is 11.6 Å². The van der Waals surface area contributed by atoms with Gasteiger partial charge in [0.1, 0.15) is 23.0 Å². The van der Waals surface area contributed by atoms with Gasteiger partial charge in [0.2, 0.25) is 5.88 Å². The van der Waals surface area contributed by atoms with E-state index >= 15 is 0 Å². The third kappa shape index (κ3) is 4.31. The van der Waals surface area contributed by atoms with E-state index in [0.29, 0.717) is 5.88 Å². The highest BCUT2D eigenvalue weighted by molar-refractivity contribution is 5.59. The van der Waals surface area contributed by atoms with Gasteiger partial charge in [-0.2, -0.15) is 0 Å². The van der Waals surface area contributed by atoms with Gasteiger partial charge in [0.25, 0.3) is 0 Å². The van der Waals surface area contributed by atoms with Gasteiger partial charge in [-0.15, -0.1) is 0 Å². The molecule has 182 valence electrons. The summed E-state index contributed by atoms with van der Waals surface area (Å²) in [5, 5.41) is 0. The summed E-state index contributed by atoms with van der Waals surface area (Å²) in [7, 11) is 3.39. The highest BCUT2D eigenvalue weighted by Crippen LogP contribution is 2.39. The van der Waals surface area contributed by atoms with Crippen LogP contribution in [0, 0.1) is 6.92 Å². The third-order valence-electron chi connectivity index (χ3n) is 6.73. The van der Waals surface area contributed by atoms with Crippen molar-refractivity contribution < 1.29 is 9.47 Å². The largest absolute Gasteiger partial charge is 0.496 e. The molecule has 3 aromatic heterocycles. The Hall–Kier alpha value is -3.61. The van der Waals surface area contributed by atoms with Gasteiger partial charge in [0.15, 0.2) is 0 Å². The summed E-state index contributed by atoms with van der Waals surface area (Å²) in [4.78, 5) is 14.2. The quantitative estimate of drug-likeness (QED) is 0.375. The zero-order chi connectivity index (χ0) is 24.7. The second-order valence-electron chi connectivity index (χ2n) is 10.2. The van der Waals surface area contributed by atoms with Crippen LogP contribution in [-0.2, 0) is 12.0 Å². The molecular weight excluding hydrogens is 438 g/mol. The van der Waals surface area contributed by atoms with E-state index in [9.17, 15) is 0 Å². The van der Waals surface area contributed by atoms with Gasteiger partial charge in [0.05, 0.1) is 31.9 Å². The van der Waals surface area contributed by atoms with E-state index in [-0.39, 0.29) is 11.3 Å². The molecule has 7 heteroatoms. The molecule has 0 bridgehead atoms. The summed E-state index contributed by atoms with van der Waals surface area (Å²) in [5.41, 5.74) is 5.92. The smallest absolute Gasteiger partial charge is 0.238 e. The second-order valence-corrected chi connectivity index (χ2v) is 10.2. The molecule has 0 radical (unpaired) electrons. The highest BCUT2D eigenvalue weighted by Gasteiger charge is 2.27. The van der Waals surface area contributed by atoms with Crippen LogP contribution in [0.4, 0.5) is 0 Å². The second kappa shape index (κ2) is 8.87. The molecular formula is C28H33N5O2. The predicted octanol–water partition coefficient (Wildman–Crippen LogP) is 5.68. The first-order valence-electron chi connectivity index (χ1n) is 12.1. The van der Waals surface area contributed by atoms with Crippen LogP contribution in [0.2, 0.25) is 0 Å². The molecule has 1 aliphatic heterocycles. The number of methoxy groups -OCH3 is 2. The highest BCUT2D eigenvalue weighted by atomic mass is 16.5. The molecule has 0 saturated carbocycles. The van der Waals surface area contributed by atoms with Gasteiger partial charge < -0.3 is 18.6 Å². The number of fused-ring (bicyclic) bond motifs is 1. The van der Waals surface area contributed by atoms with Crippen molar-refractivity contribution in [3.8, 4) is 28.7 Å². The number of imidazole rings is 2. The molecule has 1 aromatic carbocycles. The maximum atomic E-state index is 5.78. The normalized spacial score (nSPS) is 15.7. The van der Waals surface area contributed by atoms with Gasteiger partial charge in [-0.1, -0.05) is 32.9 Å². The molecule has 0 spiro atoms. The number of aryl methyl sites for hydroxylation is 2. The number of nitrogens with zero attached hydrogens (tertiary/aromatic N) is 5. The number of ether oxygens (including phenoxy) is 2. The fourth-order valence-electron chi connectivity index (χ4n) is 4.94. The molecule has 5 rings (SSSR count). The lowest BCUT2D eigenvalue weighted by Gasteiger charge is -2.26. The number of aromatic nitrogens is 5. The van der Waals surface area contributed by atoms with E-state index in [1.807, 2.05) is 29.8 Å². The zero-order valence-corrected chi connectivity index (χ0v) is 21.4. The topological polar surface area (TPSA) is 67.0 Å². The average molecular weight is 472 g/mol. The number of rotatable bonds is 5. The first kappa shape index (κ1) is 23.1. The summed E-state index contributed by atoms with van der Waals surface area (Å²) < 4.78 is 15.6. The van der Waals surface area contributed by atoms with Crippen molar-refractivity contribution in [1.82, 2.24) is 24.1 Å². The van der Waals surface area contributed by atoms with E-state index in [1.165, 1.54) is 11.1 Å². The van der Waals surface area contributed by atoms with Crippen LogP contribution in [0.25, 0.3) is 17.1 Å². The minimum absolute atomic E-state index is 0.0222. The fourth-order valence-corrected chi connectivity index (χ4v) is 4.94. The van der Waals surface area contributed by atoms with Crippen molar-refractivity contribution in [3.05, 3.63) is 71.7 Å². The fraction of sp³-hybridized carbons (Fsp3) is 0.393. The van der Waals surface area contributed by atoms with Gasteiger partial charge in [-0.25, -0.2) is 15.0 Å². The van der Waals surface area contributed by atoms with Crippen LogP contribution in [-0.4, -0.2) is 38.3 Å². The maximum absolute atomic E-state index is 5.78. The Morgan fingerprint density at radius 2 is 1.80 bits per heavy atom. The Labute approximate surface area is 206 Å². The monoisotopic (exact) mass is 471 g/mol.